The average Bonchev–Trinajstić information content (AvgIpc) is 2.97. The van der Waals surface area contributed by atoms with Gasteiger partial charge in [-0.05, 0) is 83.8 Å². The lowest BCUT2D eigenvalue weighted by atomic mass is 9.92. The van der Waals surface area contributed by atoms with Gasteiger partial charge in [-0.3, -0.25) is 4.79 Å². The average molecular weight is 527 g/mol. The van der Waals surface area contributed by atoms with Crippen LogP contribution in [0.5, 0.6) is 17.2 Å². The molecule has 0 saturated carbocycles. The molecule has 8 heteroatoms. The Kier molecular flexibility index (Phi) is 10.0. The van der Waals surface area contributed by atoms with Crippen LogP contribution in [0.4, 0.5) is 0 Å². The third-order valence-corrected chi connectivity index (χ3v) is 6.72. The van der Waals surface area contributed by atoms with Gasteiger partial charge in [-0.25, -0.2) is 0 Å². The molecule has 8 nitrogen and oxygen atoms in total. The molecule has 0 radical (unpaired) electrons. The molecular weight excluding hydrogens is 492 g/mol. The Balaban J connectivity index is 1.50. The fourth-order valence-corrected chi connectivity index (χ4v) is 4.61. The minimum absolute atomic E-state index is 0.000952. The Morgan fingerprint density at radius 1 is 1.05 bits per heavy atom. The summed E-state index contributed by atoms with van der Waals surface area (Å²) in [6.45, 7) is 4.19. The van der Waals surface area contributed by atoms with Crippen LogP contribution in [0.1, 0.15) is 57.1 Å². The minimum Gasteiger partial charge on any atom is -0.493 e. The van der Waals surface area contributed by atoms with Gasteiger partial charge in [0.1, 0.15) is 12.4 Å². The molecule has 3 aromatic rings. The molecule has 1 N–H and O–H groups in total. The SMILES string of the molecule is COc1cc2c(cc1OCc1ccccc1)CCNC2/C=C/c1cc(OCCCCN=[N+]=[N-])c(C=O)cc1C. The predicted molar refractivity (Wildman–Crippen MR) is 153 cm³/mol. The third-order valence-electron chi connectivity index (χ3n) is 6.72. The van der Waals surface area contributed by atoms with Crippen molar-refractivity contribution >= 4 is 12.4 Å². The van der Waals surface area contributed by atoms with Crippen LogP contribution in [-0.4, -0.2) is 33.1 Å². The maximum absolute atomic E-state index is 11.6. The lowest BCUT2D eigenvalue weighted by Crippen LogP contribution is -2.28. The second-order valence-electron chi connectivity index (χ2n) is 9.39. The maximum atomic E-state index is 11.6. The Morgan fingerprint density at radius 2 is 1.90 bits per heavy atom. The molecule has 202 valence electrons. The Labute approximate surface area is 229 Å². The number of carbonyl (C=O) groups is 1. The first kappa shape index (κ1) is 27.8. The van der Waals surface area contributed by atoms with Crippen molar-refractivity contribution < 1.29 is 19.0 Å². The van der Waals surface area contributed by atoms with Crippen molar-refractivity contribution in [3.05, 3.63) is 104 Å². The molecule has 0 spiro atoms. The van der Waals surface area contributed by atoms with Crippen molar-refractivity contribution in [1.29, 1.82) is 0 Å². The first-order valence-corrected chi connectivity index (χ1v) is 13.2. The van der Waals surface area contributed by atoms with E-state index in [-0.39, 0.29) is 6.04 Å². The van der Waals surface area contributed by atoms with Gasteiger partial charge in [-0.15, -0.1) is 0 Å². The van der Waals surface area contributed by atoms with Crippen LogP contribution < -0.4 is 19.5 Å². The summed E-state index contributed by atoms with van der Waals surface area (Å²) in [6.07, 6.45) is 7.38. The fraction of sp³-hybridized carbons (Fsp3) is 0.323. The normalized spacial score (nSPS) is 14.4. The van der Waals surface area contributed by atoms with Crippen LogP contribution in [0.2, 0.25) is 0 Å². The van der Waals surface area contributed by atoms with Crippen molar-refractivity contribution in [2.24, 2.45) is 5.11 Å². The summed E-state index contributed by atoms with van der Waals surface area (Å²) in [7, 11) is 1.66. The van der Waals surface area contributed by atoms with E-state index in [4.69, 9.17) is 19.7 Å². The quantitative estimate of drug-likeness (QED) is 0.0870. The molecular formula is C31H34N4O4. The number of unbranched alkanes of at least 4 members (excludes halogenated alkanes) is 1. The Hall–Kier alpha value is -4.26. The molecule has 0 amide bonds. The number of hydrogen-bond acceptors (Lipinski definition) is 6. The van der Waals surface area contributed by atoms with E-state index in [2.05, 4.69) is 39.6 Å². The highest BCUT2D eigenvalue weighted by Crippen LogP contribution is 2.36. The number of fused-ring (bicyclic) bond motifs is 1. The molecule has 3 aromatic carbocycles. The van der Waals surface area contributed by atoms with Crippen LogP contribution in [0.25, 0.3) is 16.5 Å². The van der Waals surface area contributed by atoms with Gasteiger partial charge in [-0.1, -0.05) is 47.6 Å². The van der Waals surface area contributed by atoms with E-state index in [9.17, 15) is 4.79 Å². The van der Waals surface area contributed by atoms with Crippen molar-refractivity contribution in [3.63, 3.8) is 0 Å². The monoisotopic (exact) mass is 526 g/mol. The van der Waals surface area contributed by atoms with Gasteiger partial charge in [0, 0.05) is 18.0 Å². The van der Waals surface area contributed by atoms with Crippen LogP contribution in [0, 0.1) is 6.92 Å². The number of rotatable bonds is 13. The highest BCUT2D eigenvalue weighted by atomic mass is 16.5. The molecule has 0 bridgehead atoms. The van der Waals surface area contributed by atoms with Crippen molar-refractivity contribution in [1.82, 2.24) is 5.32 Å². The van der Waals surface area contributed by atoms with E-state index >= 15 is 0 Å². The van der Waals surface area contributed by atoms with Gasteiger partial charge in [0.05, 0.1) is 25.3 Å². The largest absolute Gasteiger partial charge is 0.493 e. The molecule has 0 aliphatic carbocycles. The molecule has 1 atom stereocenters. The van der Waals surface area contributed by atoms with Crippen molar-refractivity contribution in [3.8, 4) is 17.2 Å². The molecule has 1 aliphatic heterocycles. The zero-order valence-corrected chi connectivity index (χ0v) is 22.4. The summed E-state index contributed by atoms with van der Waals surface area (Å²) in [6, 6.07) is 18.0. The molecule has 0 aromatic heterocycles. The van der Waals surface area contributed by atoms with Gasteiger partial charge in [0.15, 0.2) is 17.8 Å². The van der Waals surface area contributed by atoms with Crippen LogP contribution in [-0.2, 0) is 13.0 Å². The molecule has 0 saturated heterocycles. The van der Waals surface area contributed by atoms with E-state index in [0.29, 0.717) is 36.8 Å². The van der Waals surface area contributed by atoms with E-state index < -0.39 is 0 Å². The standard InChI is InChI=1S/C31H34N4O4/c1-22-16-26(20-36)29(38-15-7-6-13-34-35-32)17-24(22)10-11-28-27-19-30(37-2)31(18-25(27)12-14-33-28)39-21-23-8-4-3-5-9-23/h3-5,8-11,16-20,28,33H,6-7,12-15,21H2,1-2H3/b11-10+. The predicted octanol–water partition coefficient (Wildman–Crippen LogP) is 6.76. The van der Waals surface area contributed by atoms with E-state index in [0.717, 1.165) is 60.1 Å². The summed E-state index contributed by atoms with van der Waals surface area (Å²) >= 11 is 0. The van der Waals surface area contributed by atoms with E-state index in [1.807, 2.05) is 49.4 Å². The maximum Gasteiger partial charge on any atom is 0.161 e. The molecule has 1 heterocycles. The number of ether oxygens (including phenoxy) is 3. The van der Waals surface area contributed by atoms with E-state index in [1.165, 1.54) is 5.56 Å². The molecule has 1 unspecified atom stereocenters. The van der Waals surface area contributed by atoms with Gasteiger partial charge >= 0.3 is 0 Å². The molecule has 1 aliphatic rings. The first-order valence-electron chi connectivity index (χ1n) is 13.2. The van der Waals surface area contributed by atoms with Gasteiger partial charge < -0.3 is 19.5 Å². The lowest BCUT2D eigenvalue weighted by molar-refractivity contribution is 0.111. The number of hydrogen-bond donors (Lipinski definition) is 1. The number of aryl methyl sites for hydroxylation is 1. The van der Waals surface area contributed by atoms with Crippen LogP contribution in [0.3, 0.4) is 0 Å². The second-order valence-corrected chi connectivity index (χ2v) is 9.39. The highest BCUT2D eigenvalue weighted by molar-refractivity contribution is 5.81. The molecule has 39 heavy (non-hydrogen) atoms. The molecule has 0 fully saturated rings. The second kappa shape index (κ2) is 14.0. The topological polar surface area (TPSA) is 106 Å². The lowest BCUT2D eigenvalue weighted by Gasteiger charge is -2.26. The number of nitrogens with zero attached hydrogens (tertiary/aromatic N) is 3. The number of methoxy groups -OCH3 is 1. The zero-order valence-electron chi connectivity index (χ0n) is 22.4. The van der Waals surface area contributed by atoms with Gasteiger partial charge in [-0.2, -0.15) is 0 Å². The first-order chi connectivity index (χ1) is 19.1. The summed E-state index contributed by atoms with van der Waals surface area (Å²) in [5.41, 5.74) is 14.4. The fourth-order valence-electron chi connectivity index (χ4n) is 4.61. The third kappa shape index (κ3) is 7.41. The minimum atomic E-state index is 0.000952. The van der Waals surface area contributed by atoms with Gasteiger partial charge in [0.25, 0.3) is 0 Å². The summed E-state index contributed by atoms with van der Waals surface area (Å²) in [5, 5.41) is 7.12. The number of carbonyl (C=O) groups excluding carboxylic acids is 1. The summed E-state index contributed by atoms with van der Waals surface area (Å²) in [5.74, 6) is 2.00. The van der Waals surface area contributed by atoms with Crippen molar-refractivity contribution in [2.45, 2.75) is 38.8 Å². The molecule has 4 rings (SSSR count). The number of azide groups is 1. The number of benzene rings is 3. The summed E-state index contributed by atoms with van der Waals surface area (Å²) in [4.78, 5) is 14.4. The van der Waals surface area contributed by atoms with Crippen molar-refractivity contribution in [2.75, 3.05) is 26.8 Å². The Bertz CT molecular complexity index is 1350. The number of aldehydes is 1. The summed E-state index contributed by atoms with van der Waals surface area (Å²) < 4.78 is 17.7. The Morgan fingerprint density at radius 3 is 2.67 bits per heavy atom. The highest BCUT2D eigenvalue weighted by Gasteiger charge is 2.21. The zero-order chi connectivity index (χ0) is 27.5. The van der Waals surface area contributed by atoms with Gasteiger partial charge in [0.2, 0.25) is 0 Å². The van der Waals surface area contributed by atoms with Crippen LogP contribution >= 0.6 is 0 Å². The number of nitrogens with one attached hydrogen (secondary N) is 1. The smallest absolute Gasteiger partial charge is 0.161 e. The van der Waals surface area contributed by atoms with Crippen LogP contribution in [0.15, 0.2) is 65.8 Å². The van der Waals surface area contributed by atoms with E-state index in [1.54, 1.807) is 7.11 Å².